The quantitative estimate of drug-likeness (QED) is 0.434. The van der Waals surface area contributed by atoms with Crippen LogP contribution in [0.4, 0.5) is 0 Å². The molecule has 0 atom stereocenters. The van der Waals surface area contributed by atoms with E-state index in [1.807, 2.05) is 6.26 Å². The lowest BCUT2D eigenvalue weighted by atomic mass is 10.3. The highest BCUT2D eigenvalue weighted by molar-refractivity contribution is 8.01. The zero-order valence-electron chi connectivity index (χ0n) is 10.5. The van der Waals surface area contributed by atoms with Crippen LogP contribution in [0.15, 0.2) is 9.24 Å². The summed E-state index contributed by atoms with van der Waals surface area (Å²) in [5.41, 5.74) is 0.506. The van der Waals surface area contributed by atoms with Gasteiger partial charge in [-0.2, -0.15) is 9.64 Å². The molecule has 0 radical (unpaired) electrons. The molecule has 0 aliphatic heterocycles. The number of esters is 1. The first-order chi connectivity index (χ1) is 9.12. The van der Waals surface area contributed by atoms with Crippen molar-refractivity contribution in [3.8, 4) is 6.07 Å². The summed E-state index contributed by atoms with van der Waals surface area (Å²) >= 11 is 3.88. The molecule has 1 aromatic heterocycles. The molecule has 1 rings (SSSR count). The Morgan fingerprint density at radius 3 is 2.84 bits per heavy atom. The van der Waals surface area contributed by atoms with E-state index in [1.165, 1.54) is 35.1 Å². The number of hydrogen-bond acceptors (Lipinski definition) is 8. The molecule has 0 saturated carbocycles. The summed E-state index contributed by atoms with van der Waals surface area (Å²) in [6.45, 7) is 1.95. The number of nitrogens with zero attached hydrogens (tertiary/aromatic N) is 2. The first kappa shape index (κ1) is 16.0. The van der Waals surface area contributed by atoms with Gasteiger partial charge in [0.2, 0.25) is 0 Å². The van der Waals surface area contributed by atoms with Crippen molar-refractivity contribution < 1.29 is 14.3 Å². The van der Waals surface area contributed by atoms with Crippen LogP contribution in [0.3, 0.4) is 0 Å². The maximum atomic E-state index is 11.5. The van der Waals surface area contributed by atoms with E-state index in [0.717, 1.165) is 4.21 Å². The fraction of sp³-hybridized carbons (Fsp3) is 0.455. The van der Waals surface area contributed by atoms with E-state index in [4.69, 9.17) is 10.00 Å². The third kappa shape index (κ3) is 4.86. The number of carbonyl (C=O) groups is 2. The molecule has 19 heavy (non-hydrogen) atoms. The first-order valence-electron chi connectivity index (χ1n) is 5.36. The van der Waals surface area contributed by atoms with Crippen molar-refractivity contribution in [3.63, 3.8) is 0 Å². The van der Waals surface area contributed by atoms with Gasteiger partial charge in [0.15, 0.2) is 5.78 Å². The molecular formula is C11H12N2O3S3. The van der Waals surface area contributed by atoms with Crippen LogP contribution in [0, 0.1) is 11.3 Å². The van der Waals surface area contributed by atoms with Gasteiger partial charge in [-0.3, -0.25) is 9.59 Å². The van der Waals surface area contributed by atoms with Gasteiger partial charge >= 0.3 is 5.97 Å². The van der Waals surface area contributed by atoms with Crippen molar-refractivity contribution in [2.75, 3.05) is 18.6 Å². The third-order valence-electron chi connectivity index (χ3n) is 1.94. The number of ether oxygens (including phenoxy) is 1. The molecule has 0 N–H and O–H groups in total. The number of hydrogen-bond donors (Lipinski definition) is 0. The van der Waals surface area contributed by atoms with Crippen LogP contribution in [0.1, 0.15) is 18.9 Å². The SMILES string of the molecule is CCOC(=O)CC(=O)CSc1nsc(SC)c1C#N. The standard InChI is InChI=1S/C11H12N2O3S3/c1-3-16-9(15)4-7(14)6-18-10-8(5-12)11(17-2)19-13-10/h3-4,6H2,1-2H3. The molecule has 0 bridgehead atoms. The van der Waals surface area contributed by atoms with Gasteiger partial charge in [-0.05, 0) is 24.7 Å². The van der Waals surface area contributed by atoms with Gasteiger partial charge < -0.3 is 4.74 Å². The lowest BCUT2D eigenvalue weighted by Gasteiger charge is -2.00. The smallest absolute Gasteiger partial charge is 0.313 e. The van der Waals surface area contributed by atoms with E-state index < -0.39 is 5.97 Å². The topological polar surface area (TPSA) is 80.1 Å². The molecule has 5 nitrogen and oxygen atoms in total. The van der Waals surface area contributed by atoms with Crippen LogP contribution in [0.25, 0.3) is 0 Å². The lowest BCUT2D eigenvalue weighted by molar-refractivity contribution is -0.145. The number of ketones is 1. The van der Waals surface area contributed by atoms with Crippen LogP contribution >= 0.6 is 35.1 Å². The maximum absolute atomic E-state index is 11.5. The summed E-state index contributed by atoms with van der Waals surface area (Å²) in [6, 6.07) is 2.08. The molecule has 0 spiro atoms. The molecule has 0 aromatic carbocycles. The van der Waals surface area contributed by atoms with Crippen LogP contribution in [-0.4, -0.2) is 34.7 Å². The minimum absolute atomic E-state index is 0.116. The van der Waals surface area contributed by atoms with E-state index in [-0.39, 0.29) is 24.6 Å². The third-order valence-corrected chi connectivity index (χ3v) is 5.04. The molecule has 1 aromatic rings. The van der Waals surface area contributed by atoms with Crippen molar-refractivity contribution in [1.82, 2.24) is 4.37 Å². The van der Waals surface area contributed by atoms with E-state index >= 15 is 0 Å². The number of thioether (sulfide) groups is 2. The van der Waals surface area contributed by atoms with Crippen molar-refractivity contribution in [2.24, 2.45) is 0 Å². The summed E-state index contributed by atoms with van der Waals surface area (Å²) in [5, 5.41) is 9.58. The van der Waals surface area contributed by atoms with Crippen molar-refractivity contribution >= 4 is 46.8 Å². The summed E-state index contributed by atoms with van der Waals surface area (Å²) < 4.78 is 9.67. The van der Waals surface area contributed by atoms with E-state index in [0.29, 0.717) is 10.6 Å². The van der Waals surface area contributed by atoms with Gasteiger partial charge in [-0.25, -0.2) is 0 Å². The Kier molecular flexibility index (Phi) is 6.91. The normalized spacial score (nSPS) is 9.95. The van der Waals surface area contributed by atoms with Crippen LogP contribution in [0.5, 0.6) is 0 Å². The molecule has 0 aliphatic rings. The number of nitriles is 1. The monoisotopic (exact) mass is 316 g/mol. The summed E-state index contributed by atoms with van der Waals surface area (Å²) in [5.74, 6) is -0.631. The molecule has 0 saturated heterocycles. The first-order valence-corrected chi connectivity index (χ1v) is 8.34. The highest BCUT2D eigenvalue weighted by Crippen LogP contribution is 2.32. The van der Waals surface area contributed by atoms with Crippen LogP contribution in [-0.2, 0) is 14.3 Å². The number of rotatable bonds is 7. The van der Waals surface area contributed by atoms with E-state index in [9.17, 15) is 9.59 Å². The Labute approximate surface area is 123 Å². The summed E-state index contributed by atoms with van der Waals surface area (Å²) in [6.07, 6.45) is 1.64. The lowest BCUT2D eigenvalue weighted by Crippen LogP contribution is -2.12. The molecule has 102 valence electrons. The zero-order valence-corrected chi connectivity index (χ0v) is 12.9. The Morgan fingerprint density at radius 2 is 2.26 bits per heavy atom. The molecule has 0 unspecified atom stereocenters. The summed E-state index contributed by atoms with van der Waals surface area (Å²) in [7, 11) is 0. The predicted molar refractivity (Wildman–Crippen MR) is 75.6 cm³/mol. The largest absolute Gasteiger partial charge is 0.466 e. The predicted octanol–water partition coefficient (Wildman–Crippen LogP) is 2.35. The van der Waals surface area contributed by atoms with Gasteiger partial charge in [0.05, 0.1) is 16.6 Å². The maximum Gasteiger partial charge on any atom is 0.313 e. The van der Waals surface area contributed by atoms with Gasteiger partial charge in [-0.1, -0.05) is 11.8 Å². The molecule has 8 heteroatoms. The van der Waals surface area contributed by atoms with Crippen molar-refractivity contribution in [2.45, 2.75) is 22.6 Å². The molecule has 0 amide bonds. The van der Waals surface area contributed by atoms with Gasteiger partial charge in [-0.15, -0.1) is 11.8 Å². The van der Waals surface area contributed by atoms with Crippen molar-refractivity contribution in [3.05, 3.63) is 5.56 Å². The Bertz CT molecular complexity index is 508. The van der Waals surface area contributed by atoms with E-state index in [1.54, 1.807) is 6.92 Å². The molecule has 1 heterocycles. The summed E-state index contributed by atoms with van der Waals surface area (Å²) in [4.78, 5) is 22.7. The number of carbonyl (C=O) groups excluding carboxylic acids is 2. The average molecular weight is 316 g/mol. The zero-order chi connectivity index (χ0) is 14.3. The second-order valence-electron chi connectivity index (χ2n) is 3.28. The molecular weight excluding hydrogens is 304 g/mol. The van der Waals surface area contributed by atoms with Crippen LogP contribution < -0.4 is 0 Å². The fourth-order valence-electron chi connectivity index (χ4n) is 1.17. The minimum atomic E-state index is -0.517. The average Bonchev–Trinajstić information content (AvgIpc) is 2.78. The van der Waals surface area contributed by atoms with Gasteiger partial charge in [0.25, 0.3) is 0 Å². The Morgan fingerprint density at radius 1 is 1.53 bits per heavy atom. The van der Waals surface area contributed by atoms with Crippen LogP contribution in [0.2, 0.25) is 0 Å². The highest BCUT2D eigenvalue weighted by atomic mass is 32.2. The highest BCUT2D eigenvalue weighted by Gasteiger charge is 2.16. The number of aromatic nitrogens is 1. The van der Waals surface area contributed by atoms with Gasteiger partial charge in [0, 0.05) is 0 Å². The Hall–Kier alpha value is -1.04. The Balaban J connectivity index is 2.53. The minimum Gasteiger partial charge on any atom is -0.466 e. The van der Waals surface area contributed by atoms with Crippen molar-refractivity contribution in [1.29, 1.82) is 5.26 Å². The second kappa shape index (κ2) is 8.19. The van der Waals surface area contributed by atoms with E-state index in [2.05, 4.69) is 10.4 Å². The second-order valence-corrected chi connectivity index (χ2v) is 6.09. The fourth-order valence-corrected chi connectivity index (χ4v) is 3.56. The van der Waals surface area contributed by atoms with Gasteiger partial charge in [0.1, 0.15) is 23.1 Å². The molecule has 0 aliphatic carbocycles. The number of Topliss-reactive ketones (excluding diaryl/α,β-unsaturated/α-hetero) is 1. The molecule has 0 fully saturated rings.